The summed E-state index contributed by atoms with van der Waals surface area (Å²) in [6, 6.07) is 7.01. The highest BCUT2D eigenvalue weighted by Gasteiger charge is 2.20. The molecule has 1 aliphatic heterocycles. The van der Waals surface area contributed by atoms with Crippen LogP contribution in [0.4, 0.5) is 0 Å². The molecule has 2 heterocycles. The van der Waals surface area contributed by atoms with Gasteiger partial charge in [0, 0.05) is 6.54 Å². The SMILES string of the molecule is CCn1c(C2CCCCCN2)nc2cc(C)ccc21. The monoisotopic (exact) mass is 257 g/mol. The van der Waals surface area contributed by atoms with E-state index in [1.54, 1.807) is 0 Å². The van der Waals surface area contributed by atoms with E-state index in [1.807, 2.05) is 0 Å². The van der Waals surface area contributed by atoms with Crippen LogP contribution in [0.25, 0.3) is 11.0 Å². The van der Waals surface area contributed by atoms with Gasteiger partial charge in [0.05, 0.1) is 17.1 Å². The maximum absolute atomic E-state index is 4.91. The van der Waals surface area contributed by atoms with E-state index in [-0.39, 0.29) is 0 Å². The topological polar surface area (TPSA) is 29.9 Å². The zero-order valence-corrected chi connectivity index (χ0v) is 11.9. The standard InChI is InChI=1S/C16H23N3/c1-3-19-15-9-8-12(2)11-14(15)18-16(19)13-7-5-4-6-10-17-13/h8-9,11,13,17H,3-7,10H2,1-2H3. The van der Waals surface area contributed by atoms with Crippen LogP contribution in [0.5, 0.6) is 0 Å². The van der Waals surface area contributed by atoms with E-state index in [9.17, 15) is 0 Å². The Hall–Kier alpha value is -1.35. The molecule has 1 saturated heterocycles. The minimum absolute atomic E-state index is 0.426. The highest BCUT2D eigenvalue weighted by Crippen LogP contribution is 2.26. The van der Waals surface area contributed by atoms with E-state index in [0.717, 1.165) is 18.6 Å². The molecule has 0 radical (unpaired) electrons. The van der Waals surface area contributed by atoms with E-state index >= 15 is 0 Å². The average Bonchev–Trinajstić information content (AvgIpc) is 2.60. The minimum atomic E-state index is 0.426. The second-order valence-electron chi connectivity index (χ2n) is 5.56. The van der Waals surface area contributed by atoms with Gasteiger partial charge in [0.25, 0.3) is 0 Å². The fourth-order valence-corrected chi connectivity index (χ4v) is 3.11. The Bertz CT molecular complexity index is 563. The van der Waals surface area contributed by atoms with Crippen molar-refractivity contribution in [3.8, 4) is 0 Å². The molecule has 1 atom stereocenters. The lowest BCUT2D eigenvalue weighted by atomic mass is 10.1. The molecule has 2 aromatic rings. The van der Waals surface area contributed by atoms with E-state index < -0.39 is 0 Å². The quantitative estimate of drug-likeness (QED) is 0.891. The van der Waals surface area contributed by atoms with Gasteiger partial charge in [-0.05, 0) is 50.9 Å². The van der Waals surface area contributed by atoms with Gasteiger partial charge in [0.15, 0.2) is 0 Å². The lowest BCUT2D eigenvalue weighted by Gasteiger charge is -2.16. The first-order chi connectivity index (χ1) is 9.29. The third-order valence-corrected chi connectivity index (χ3v) is 4.12. The number of fused-ring (bicyclic) bond motifs is 1. The molecule has 0 bridgehead atoms. The van der Waals surface area contributed by atoms with E-state index in [2.05, 4.69) is 41.9 Å². The number of nitrogens with zero attached hydrogens (tertiary/aromatic N) is 2. The molecule has 1 unspecified atom stereocenters. The van der Waals surface area contributed by atoms with Crippen molar-refractivity contribution in [3.63, 3.8) is 0 Å². The minimum Gasteiger partial charge on any atom is -0.327 e. The van der Waals surface area contributed by atoms with Gasteiger partial charge in [-0.1, -0.05) is 18.9 Å². The molecule has 0 saturated carbocycles. The van der Waals surface area contributed by atoms with Gasteiger partial charge in [-0.2, -0.15) is 0 Å². The Morgan fingerprint density at radius 3 is 3.05 bits per heavy atom. The van der Waals surface area contributed by atoms with Crippen molar-refractivity contribution < 1.29 is 0 Å². The zero-order chi connectivity index (χ0) is 13.2. The van der Waals surface area contributed by atoms with Crippen LogP contribution in [-0.2, 0) is 6.54 Å². The van der Waals surface area contributed by atoms with Crippen LogP contribution >= 0.6 is 0 Å². The van der Waals surface area contributed by atoms with Crippen LogP contribution in [0.15, 0.2) is 18.2 Å². The highest BCUT2D eigenvalue weighted by molar-refractivity contribution is 5.77. The van der Waals surface area contributed by atoms with Crippen molar-refractivity contribution in [2.24, 2.45) is 0 Å². The molecule has 3 nitrogen and oxygen atoms in total. The number of hydrogen-bond donors (Lipinski definition) is 1. The van der Waals surface area contributed by atoms with E-state index in [1.165, 1.54) is 42.6 Å². The first kappa shape index (κ1) is 12.7. The molecular formula is C16H23N3. The smallest absolute Gasteiger partial charge is 0.127 e. The second-order valence-corrected chi connectivity index (χ2v) is 5.56. The van der Waals surface area contributed by atoms with Gasteiger partial charge < -0.3 is 9.88 Å². The van der Waals surface area contributed by atoms with Gasteiger partial charge in [-0.25, -0.2) is 4.98 Å². The molecule has 102 valence electrons. The van der Waals surface area contributed by atoms with Gasteiger partial charge in [-0.3, -0.25) is 0 Å². The third-order valence-electron chi connectivity index (χ3n) is 4.12. The summed E-state index contributed by atoms with van der Waals surface area (Å²) in [7, 11) is 0. The lowest BCUT2D eigenvalue weighted by molar-refractivity contribution is 0.487. The molecule has 0 aliphatic carbocycles. The molecule has 1 fully saturated rings. The van der Waals surface area contributed by atoms with Crippen LogP contribution in [-0.4, -0.2) is 16.1 Å². The summed E-state index contributed by atoms with van der Waals surface area (Å²) >= 11 is 0. The van der Waals surface area contributed by atoms with Gasteiger partial charge in [0.1, 0.15) is 5.82 Å². The Labute approximate surface area is 115 Å². The molecule has 1 aromatic carbocycles. The molecule has 1 aromatic heterocycles. The summed E-state index contributed by atoms with van der Waals surface area (Å²) in [5.74, 6) is 1.23. The van der Waals surface area contributed by atoms with E-state index in [0.29, 0.717) is 6.04 Å². The number of rotatable bonds is 2. The summed E-state index contributed by atoms with van der Waals surface area (Å²) in [6.07, 6.45) is 5.16. The molecule has 3 rings (SSSR count). The van der Waals surface area contributed by atoms with Crippen LogP contribution in [0.1, 0.15) is 50.0 Å². The van der Waals surface area contributed by atoms with Crippen LogP contribution in [0.2, 0.25) is 0 Å². The first-order valence-corrected chi connectivity index (χ1v) is 7.49. The highest BCUT2D eigenvalue weighted by atomic mass is 15.1. The Balaban J connectivity index is 2.06. The number of hydrogen-bond acceptors (Lipinski definition) is 2. The predicted octanol–water partition coefficient (Wildman–Crippen LogP) is 3.57. The van der Waals surface area contributed by atoms with Gasteiger partial charge in [-0.15, -0.1) is 0 Å². The molecule has 0 spiro atoms. The van der Waals surface area contributed by atoms with Crippen LogP contribution < -0.4 is 5.32 Å². The number of benzene rings is 1. The average molecular weight is 257 g/mol. The molecular weight excluding hydrogens is 234 g/mol. The fraction of sp³-hybridized carbons (Fsp3) is 0.562. The lowest BCUT2D eigenvalue weighted by Crippen LogP contribution is -2.23. The largest absolute Gasteiger partial charge is 0.327 e. The summed E-state index contributed by atoms with van der Waals surface area (Å²) in [4.78, 5) is 4.91. The summed E-state index contributed by atoms with van der Waals surface area (Å²) in [5.41, 5.74) is 3.70. The zero-order valence-electron chi connectivity index (χ0n) is 11.9. The molecule has 3 heteroatoms. The summed E-state index contributed by atoms with van der Waals surface area (Å²) in [5, 5.41) is 3.66. The van der Waals surface area contributed by atoms with Gasteiger partial charge in [0.2, 0.25) is 0 Å². The van der Waals surface area contributed by atoms with Crippen LogP contribution in [0.3, 0.4) is 0 Å². The first-order valence-electron chi connectivity index (χ1n) is 7.49. The van der Waals surface area contributed by atoms with Gasteiger partial charge >= 0.3 is 0 Å². The van der Waals surface area contributed by atoms with Crippen molar-refractivity contribution >= 4 is 11.0 Å². The van der Waals surface area contributed by atoms with Crippen molar-refractivity contribution in [3.05, 3.63) is 29.6 Å². The maximum atomic E-state index is 4.91. The molecule has 19 heavy (non-hydrogen) atoms. The Kier molecular flexibility index (Phi) is 3.56. The third kappa shape index (κ3) is 2.39. The van der Waals surface area contributed by atoms with Crippen molar-refractivity contribution in [1.29, 1.82) is 0 Å². The second kappa shape index (κ2) is 5.33. The number of aryl methyl sites for hydroxylation is 2. The van der Waals surface area contributed by atoms with Crippen molar-refractivity contribution in [1.82, 2.24) is 14.9 Å². The number of aromatic nitrogens is 2. The van der Waals surface area contributed by atoms with E-state index in [4.69, 9.17) is 4.98 Å². The molecule has 1 aliphatic rings. The van der Waals surface area contributed by atoms with Crippen molar-refractivity contribution in [2.75, 3.05) is 6.54 Å². The maximum Gasteiger partial charge on any atom is 0.127 e. The summed E-state index contributed by atoms with van der Waals surface area (Å²) in [6.45, 7) is 6.46. The number of imidazole rings is 1. The molecule has 0 amide bonds. The predicted molar refractivity (Wildman–Crippen MR) is 79.4 cm³/mol. The Morgan fingerprint density at radius 1 is 1.32 bits per heavy atom. The van der Waals surface area contributed by atoms with Crippen LogP contribution in [0, 0.1) is 6.92 Å². The Morgan fingerprint density at radius 2 is 2.21 bits per heavy atom. The summed E-state index contributed by atoms with van der Waals surface area (Å²) < 4.78 is 2.37. The normalized spacial score (nSPS) is 20.6. The molecule has 1 N–H and O–H groups in total. The van der Waals surface area contributed by atoms with Crippen molar-refractivity contribution in [2.45, 2.75) is 52.1 Å². The number of nitrogens with one attached hydrogen (secondary N) is 1. The fourth-order valence-electron chi connectivity index (χ4n) is 3.11.